The molecule has 126 valence electrons. The van der Waals surface area contributed by atoms with E-state index in [2.05, 4.69) is 0 Å². The molecule has 3 rings (SSSR count). The molecule has 0 spiro atoms. The zero-order chi connectivity index (χ0) is 17.0. The molecular formula is C17H17NO5S. The van der Waals surface area contributed by atoms with Crippen molar-refractivity contribution < 1.29 is 22.7 Å². The maximum Gasteiger partial charge on any atom is 0.269 e. The molecule has 1 aliphatic heterocycles. The van der Waals surface area contributed by atoms with Crippen LogP contribution in [0.3, 0.4) is 0 Å². The fourth-order valence-electron chi connectivity index (χ4n) is 2.44. The molecule has 0 aliphatic carbocycles. The van der Waals surface area contributed by atoms with E-state index in [-0.39, 0.29) is 23.6 Å². The van der Waals surface area contributed by atoms with Gasteiger partial charge in [-0.15, -0.1) is 0 Å². The van der Waals surface area contributed by atoms with Crippen LogP contribution in [0, 0.1) is 0 Å². The van der Waals surface area contributed by atoms with E-state index in [0.29, 0.717) is 13.2 Å². The molecular weight excluding hydrogens is 330 g/mol. The Morgan fingerprint density at radius 3 is 2.33 bits per heavy atom. The fourth-order valence-corrected chi connectivity index (χ4v) is 3.99. The molecule has 0 radical (unpaired) electrons. The van der Waals surface area contributed by atoms with Crippen molar-refractivity contribution in [2.24, 2.45) is 0 Å². The highest BCUT2D eigenvalue weighted by Crippen LogP contribution is 2.29. The summed E-state index contributed by atoms with van der Waals surface area (Å²) >= 11 is 0. The van der Waals surface area contributed by atoms with Crippen molar-refractivity contribution in [2.45, 2.75) is 4.90 Å². The van der Waals surface area contributed by atoms with E-state index < -0.39 is 15.9 Å². The first kappa shape index (κ1) is 16.5. The second kappa shape index (κ2) is 7.02. The monoisotopic (exact) mass is 347 g/mol. The molecule has 24 heavy (non-hydrogen) atoms. The van der Waals surface area contributed by atoms with Gasteiger partial charge in [0, 0.05) is 0 Å². The first-order chi connectivity index (χ1) is 11.6. The summed E-state index contributed by atoms with van der Waals surface area (Å²) in [4.78, 5) is 12.2. The fraction of sp³-hybridized carbons (Fsp3) is 0.235. The highest BCUT2D eigenvalue weighted by atomic mass is 32.2. The first-order valence-electron chi connectivity index (χ1n) is 7.52. The molecule has 0 saturated carbocycles. The number of hydrogen-bond acceptors (Lipinski definition) is 5. The van der Waals surface area contributed by atoms with Crippen molar-refractivity contribution in [3.05, 3.63) is 60.2 Å². The summed E-state index contributed by atoms with van der Waals surface area (Å²) in [5.41, 5.74) is 0.213. The van der Waals surface area contributed by atoms with Gasteiger partial charge in [0.15, 0.2) is 0 Å². The standard InChI is InChI=1S/C17H17NO5S/c19-17-15-8-4-5-9-16(15)24(20,21)18(17)10-11-22-12-13-23-14-6-2-1-3-7-14/h1-9H,10-13H2. The van der Waals surface area contributed by atoms with Crippen LogP contribution in [0.15, 0.2) is 59.5 Å². The van der Waals surface area contributed by atoms with Crippen molar-refractivity contribution in [1.82, 2.24) is 4.31 Å². The van der Waals surface area contributed by atoms with E-state index >= 15 is 0 Å². The minimum Gasteiger partial charge on any atom is -0.491 e. The number of para-hydroxylation sites is 1. The quantitative estimate of drug-likeness (QED) is 0.716. The van der Waals surface area contributed by atoms with Crippen LogP contribution in [0.1, 0.15) is 10.4 Å². The number of benzene rings is 2. The molecule has 0 N–H and O–H groups in total. The molecule has 7 heteroatoms. The Morgan fingerprint density at radius 2 is 1.58 bits per heavy atom. The summed E-state index contributed by atoms with van der Waals surface area (Å²) in [6, 6.07) is 15.5. The lowest BCUT2D eigenvalue weighted by atomic mass is 10.2. The zero-order valence-corrected chi connectivity index (χ0v) is 13.7. The number of amides is 1. The zero-order valence-electron chi connectivity index (χ0n) is 12.9. The van der Waals surface area contributed by atoms with Crippen molar-refractivity contribution in [3.8, 4) is 5.75 Å². The van der Waals surface area contributed by atoms with Crippen LogP contribution in [0.5, 0.6) is 5.75 Å². The van der Waals surface area contributed by atoms with E-state index in [1.807, 2.05) is 30.3 Å². The van der Waals surface area contributed by atoms with Crippen LogP contribution in [0.25, 0.3) is 0 Å². The van der Waals surface area contributed by atoms with E-state index in [1.54, 1.807) is 12.1 Å². The Hall–Kier alpha value is -2.38. The molecule has 0 unspecified atom stereocenters. The number of nitrogens with zero attached hydrogens (tertiary/aromatic N) is 1. The Balaban J connectivity index is 1.47. The minimum atomic E-state index is -3.76. The molecule has 0 aromatic heterocycles. The lowest BCUT2D eigenvalue weighted by Crippen LogP contribution is -2.33. The molecule has 0 fully saturated rings. The molecule has 1 heterocycles. The highest BCUT2D eigenvalue weighted by Gasteiger charge is 2.40. The number of carbonyl (C=O) groups excluding carboxylic acids is 1. The maximum atomic E-state index is 12.3. The van der Waals surface area contributed by atoms with Gasteiger partial charge in [-0.3, -0.25) is 4.79 Å². The molecule has 2 aromatic carbocycles. The molecule has 1 aliphatic rings. The van der Waals surface area contributed by atoms with Crippen LogP contribution in [0.2, 0.25) is 0 Å². The van der Waals surface area contributed by atoms with E-state index in [4.69, 9.17) is 9.47 Å². The number of rotatable bonds is 7. The van der Waals surface area contributed by atoms with Gasteiger partial charge in [-0.05, 0) is 24.3 Å². The Labute approximate surface area is 140 Å². The second-order valence-electron chi connectivity index (χ2n) is 5.15. The third kappa shape index (κ3) is 3.27. The summed E-state index contributed by atoms with van der Waals surface area (Å²) < 4.78 is 36.3. The summed E-state index contributed by atoms with van der Waals surface area (Å²) in [7, 11) is -3.76. The second-order valence-corrected chi connectivity index (χ2v) is 6.98. The number of carbonyl (C=O) groups is 1. The van der Waals surface area contributed by atoms with Crippen LogP contribution >= 0.6 is 0 Å². The Bertz CT molecular complexity index is 820. The summed E-state index contributed by atoms with van der Waals surface area (Å²) in [6.07, 6.45) is 0. The van der Waals surface area contributed by atoms with Crippen molar-refractivity contribution in [3.63, 3.8) is 0 Å². The molecule has 1 amide bonds. The lowest BCUT2D eigenvalue weighted by molar-refractivity contribution is 0.0742. The van der Waals surface area contributed by atoms with E-state index in [0.717, 1.165) is 10.1 Å². The smallest absolute Gasteiger partial charge is 0.269 e. The molecule has 6 nitrogen and oxygen atoms in total. The van der Waals surface area contributed by atoms with Gasteiger partial charge in [-0.2, -0.15) is 0 Å². The molecule has 0 saturated heterocycles. The Kier molecular flexibility index (Phi) is 4.82. The van der Waals surface area contributed by atoms with Crippen LogP contribution in [-0.4, -0.2) is 45.0 Å². The first-order valence-corrected chi connectivity index (χ1v) is 8.96. The van der Waals surface area contributed by atoms with Gasteiger partial charge in [-0.25, -0.2) is 12.7 Å². The maximum absolute atomic E-state index is 12.3. The van der Waals surface area contributed by atoms with Crippen molar-refractivity contribution >= 4 is 15.9 Å². The van der Waals surface area contributed by atoms with Gasteiger partial charge >= 0.3 is 0 Å². The van der Waals surface area contributed by atoms with Crippen molar-refractivity contribution in [2.75, 3.05) is 26.4 Å². The largest absolute Gasteiger partial charge is 0.491 e. The predicted molar refractivity (Wildman–Crippen MR) is 87.4 cm³/mol. The summed E-state index contributed by atoms with van der Waals surface area (Å²) in [5, 5.41) is 0. The topological polar surface area (TPSA) is 72.9 Å². The third-order valence-electron chi connectivity index (χ3n) is 3.59. The van der Waals surface area contributed by atoms with Gasteiger partial charge < -0.3 is 9.47 Å². The van der Waals surface area contributed by atoms with Gasteiger partial charge in [0.05, 0.1) is 25.3 Å². The Morgan fingerprint density at radius 1 is 0.875 bits per heavy atom. The van der Waals surface area contributed by atoms with Crippen molar-refractivity contribution in [1.29, 1.82) is 0 Å². The normalized spacial score (nSPS) is 15.3. The van der Waals surface area contributed by atoms with Gasteiger partial charge in [-0.1, -0.05) is 30.3 Å². The SMILES string of the molecule is O=C1c2ccccc2S(=O)(=O)N1CCOCCOc1ccccc1. The average molecular weight is 347 g/mol. The number of fused-ring (bicyclic) bond motifs is 1. The van der Waals surface area contributed by atoms with Crippen LogP contribution in [0.4, 0.5) is 0 Å². The number of sulfonamides is 1. The number of hydrogen-bond donors (Lipinski definition) is 0. The minimum absolute atomic E-state index is 0.0127. The van der Waals surface area contributed by atoms with E-state index in [9.17, 15) is 13.2 Å². The molecule has 0 bridgehead atoms. The number of ether oxygens (including phenoxy) is 2. The lowest BCUT2D eigenvalue weighted by Gasteiger charge is -2.15. The average Bonchev–Trinajstić information content (AvgIpc) is 2.79. The summed E-state index contributed by atoms with van der Waals surface area (Å²) in [5.74, 6) is 0.239. The van der Waals surface area contributed by atoms with Gasteiger partial charge in [0.25, 0.3) is 15.9 Å². The highest BCUT2D eigenvalue weighted by molar-refractivity contribution is 7.90. The molecule has 2 aromatic rings. The third-order valence-corrected chi connectivity index (χ3v) is 5.43. The van der Waals surface area contributed by atoms with Gasteiger partial charge in [0.2, 0.25) is 0 Å². The van der Waals surface area contributed by atoms with E-state index in [1.165, 1.54) is 12.1 Å². The summed E-state index contributed by atoms with van der Waals surface area (Å²) in [6.45, 7) is 0.771. The predicted octanol–water partition coefficient (Wildman–Crippen LogP) is 1.93. The van der Waals surface area contributed by atoms with Gasteiger partial charge in [0.1, 0.15) is 17.3 Å². The van der Waals surface area contributed by atoms with Crippen LogP contribution in [-0.2, 0) is 14.8 Å². The molecule has 0 atom stereocenters. The van der Waals surface area contributed by atoms with Crippen LogP contribution < -0.4 is 4.74 Å².